The molecule has 2 aliphatic carbocycles. The van der Waals surface area contributed by atoms with Gasteiger partial charge in [-0.05, 0) is 69.6 Å². The number of hydrogen-bond acceptors (Lipinski definition) is 2. The molecule has 0 saturated heterocycles. The topological polar surface area (TPSA) is 6.48 Å². The summed E-state index contributed by atoms with van der Waals surface area (Å²) in [5.74, 6) is 1.39. The van der Waals surface area contributed by atoms with Crippen molar-refractivity contribution < 1.29 is 13.5 Å². The molecule has 1 heterocycles. The van der Waals surface area contributed by atoms with Crippen LogP contribution in [0.3, 0.4) is 0 Å². The van der Waals surface area contributed by atoms with Gasteiger partial charge in [-0.25, -0.2) is 0 Å². The van der Waals surface area contributed by atoms with Gasteiger partial charge < -0.3 is 9.80 Å². The first-order valence-corrected chi connectivity index (χ1v) is 19.8. The first-order chi connectivity index (χ1) is 14.9. The monoisotopic (exact) mass is 658 g/mol. The van der Waals surface area contributed by atoms with E-state index < -0.39 is 13.5 Å². The Morgan fingerprint density at radius 2 is 1.55 bits per heavy atom. The Kier molecular flexibility index (Phi) is 9.62. The Balaban J connectivity index is 0.000000628. The summed E-state index contributed by atoms with van der Waals surface area (Å²) in [7, 11) is 14.9. The number of aryl methyl sites for hydroxylation is 3. The third kappa shape index (κ3) is 6.65. The zero-order valence-electron chi connectivity index (χ0n) is 18.5. The van der Waals surface area contributed by atoms with Crippen LogP contribution in [0.5, 0.6) is 0 Å². The minimum absolute atomic E-state index is 0.647. The maximum absolute atomic E-state index is 4.97. The molecule has 0 amide bonds. The van der Waals surface area contributed by atoms with Crippen molar-refractivity contribution in [1.82, 2.24) is 4.90 Å². The second kappa shape index (κ2) is 12.0. The van der Waals surface area contributed by atoms with Gasteiger partial charge in [0.2, 0.25) is 0 Å². The van der Waals surface area contributed by atoms with Crippen LogP contribution in [0.25, 0.3) is 0 Å². The van der Waals surface area contributed by atoms with Gasteiger partial charge in [0, 0.05) is 18.4 Å². The molecule has 1 saturated carbocycles. The summed E-state index contributed by atoms with van der Waals surface area (Å²) in [6, 6.07) is 5.27. The standard InChI is InChI=1S/C25H32N2.3ClH.Ir/c1-19-17-20(2)24(21(3)18-19)27-16-15-26(23-13-9-10-14-23)25(27)22-11-7-5-4-6-8-12-22;;;;/h4-5,7,11,15-18,23H,6,8-10,12-14H2,1-3H3;3*1H;/q;;;;+3/p-3. The molecule has 0 N–H and O–H groups in total. The molecule has 0 aromatic heterocycles. The van der Waals surface area contributed by atoms with E-state index in [1.165, 1.54) is 72.3 Å². The number of rotatable bonds is 2. The predicted molar refractivity (Wildman–Crippen MR) is 133 cm³/mol. The molecule has 0 unspecified atom stereocenters. The van der Waals surface area contributed by atoms with Gasteiger partial charge in [0.05, 0.1) is 5.69 Å². The van der Waals surface area contributed by atoms with Crippen molar-refractivity contribution in [2.45, 2.75) is 71.8 Å². The van der Waals surface area contributed by atoms with Gasteiger partial charge in [0.25, 0.3) is 0 Å². The summed E-state index contributed by atoms with van der Waals surface area (Å²) in [5.41, 5.74) is 6.88. The Morgan fingerprint density at radius 1 is 0.903 bits per heavy atom. The van der Waals surface area contributed by atoms with Crippen LogP contribution in [-0.4, -0.2) is 10.9 Å². The van der Waals surface area contributed by atoms with Crippen LogP contribution >= 0.6 is 28.8 Å². The third-order valence-corrected chi connectivity index (χ3v) is 6.09. The van der Waals surface area contributed by atoms with Gasteiger partial charge in [-0.2, -0.15) is 0 Å². The quantitative estimate of drug-likeness (QED) is 0.314. The van der Waals surface area contributed by atoms with Crippen LogP contribution in [-0.2, 0) is 13.5 Å². The molecule has 0 bridgehead atoms. The number of allylic oxidation sites excluding steroid dienone is 5. The second-order valence-electron chi connectivity index (χ2n) is 8.43. The van der Waals surface area contributed by atoms with Gasteiger partial charge >= 0.3 is 42.2 Å². The SMILES string of the molecule is Cc1cc(C)c(N2C=CN(C3CCCC3)C2=C2C=CC=CCCC2)c(C)c1.[Cl][Ir]([Cl])[Cl]. The van der Waals surface area contributed by atoms with Crippen molar-refractivity contribution >= 4 is 34.4 Å². The molecule has 6 heteroatoms. The van der Waals surface area contributed by atoms with Crippen molar-refractivity contribution in [3.63, 3.8) is 0 Å². The molecule has 172 valence electrons. The van der Waals surface area contributed by atoms with Crippen LogP contribution < -0.4 is 4.90 Å². The summed E-state index contributed by atoms with van der Waals surface area (Å²) in [6.45, 7) is 6.69. The average Bonchev–Trinajstić information content (AvgIpc) is 3.30. The van der Waals surface area contributed by atoms with Crippen LogP contribution in [0.15, 0.2) is 60.2 Å². The van der Waals surface area contributed by atoms with Gasteiger partial charge in [-0.3, -0.25) is 0 Å². The molecule has 1 aromatic carbocycles. The minimum atomic E-state index is -1.92. The summed E-state index contributed by atoms with van der Waals surface area (Å²) in [5, 5.41) is 0. The molecule has 2 nitrogen and oxygen atoms in total. The van der Waals surface area contributed by atoms with Crippen molar-refractivity contribution in [2.24, 2.45) is 0 Å². The number of hydrogen-bond donors (Lipinski definition) is 0. The number of nitrogens with zero attached hydrogens (tertiary/aromatic N) is 2. The van der Waals surface area contributed by atoms with E-state index in [4.69, 9.17) is 28.8 Å². The molecule has 1 aliphatic heterocycles. The first-order valence-electron chi connectivity index (χ1n) is 10.9. The van der Waals surface area contributed by atoms with E-state index in [1.807, 2.05) is 0 Å². The molecule has 0 atom stereocenters. The van der Waals surface area contributed by atoms with E-state index >= 15 is 0 Å². The number of benzene rings is 1. The fourth-order valence-corrected chi connectivity index (χ4v) is 4.96. The molecule has 0 spiro atoms. The number of anilines is 1. The van der Waals surface area contributed by atoms with E-state index in [9.17, 15) is 0 Å². The summed E-state index contributed by atoms with van der Waals surface area (Å²) < 4.78 is 0. The number of halogens is 3. The van der Waals surface area contributed by atoms with Crippen LogP contribution in [0.2, 0.25) is 0 Å². The Labute approximate surface area is 205 Å². The van der Waals surface area contributed by atoms with Crippen LogP contribution in [0.1, 0.15) is 61.6 Å². The van der Waals surface area contributed by atoms with E-state index in [0.29, 0.717) is 6.04 Å². The summed E-state index contributed by atoms with van der Waals surface area (Å²) >= 11 is -1.92. The fraction of sp³-hybridized carbons (Fsp3) is 0.440. The van der Waals surface area contributed by atoms with Gasteiger partial charge in [0.1, 0.15) is 5.82 Å². The van der Waals surface area contributed by atoms with Gasteiger partial charge in [-0.15, -0.1) is 0 Å². The Hall–Kier alpha value is -0.701. The predicted octanol–water partition coefficient (Wildman–Crippen LogP) is 8.72. The van der Waals surface area contributed by atoms with E-state index in [2.05, 4.69) is 79.4 Å². The summed E-state index contributed by atoms with van der Waals surface area (Å²) in [6.07, 6.45) is 22.5. The first kappa shape index (κ1) is 24.9. The van der Waals surface area contributed by atoms with Gasteiger partial charge in [-0.1, -0.05) is 54.8 Å². The third-order valence-electron chi connectivity index (χ3n) is 6.09. The molecule has 1 aromatic rings. The fourth-order valence-electron chi connectivity index (χ4n) is 4.96. The van der Waals surface area contributed by atoms with Crippen molar-refractivity contribution in [1.29, 1.82) is 0 Å². The van der Waals surface area contributed by atoms with E-state index in [-0.39, 0.29) is 0 Å². The van der Waals surface area contributed by atoms with E-state index in [1.54, 1.807) is 0 Å². The molecule has 3 aliphatic rings. The Morgan fingerprint density at radius 3 is 2.19 bits per heavy atom. The normalized spacial score (nSPS) is 21.8. The average molecular weight is 659 g/mol. The molecule has 4 rings (SSSR count). The maximum atomic E-state index is 4.97. The van der Waals surface area contributed by atoms with Crippen molar-refractivity contribution in [3.8, 4) is 0 Å². The molecule has 31 heavy (non-hydrogen) atoms. The van der Waals surface area contributed by atoms with Crippen LogP contribution in [0.4, 0.5) is 5.69 Å². The second-order valence-corrected chi connectivity index (χ2v) is 18.8. The molecule has 1 fully saturated rings. The zero-order valence-corrected chi connectivity index (χ0v) is 23.2. The van der Waals surface area contributed by atoms with Crippen LogP contribution in [0, 0.1) is 20.8 Å². The van der Waals surface area contributed by atoms with Crippen molar-refractivity contribution in [3.05, 3.63) is 76.9 Å². The van der Waals surface area contributed by atoms with E-state index in [0.717, 1.165) is 6.42 Å². The molecule has 0 radical (unpaired) electrons. The Bertz CT molecular complexity index is 857. The zero-order chi connectivity index (χ0) is 22.4. The van der Waals surface area contributed by atoms with Crippen molar-refractivity contribution in [2.75, 3.05) is 4.90 Å². The molecular weight excluding hydrogens is 627 g/mol. The molecular formula is C25H32Cl3IrN2. The summed E-state index contributed by atoms with van der Waals surface area (Å²) in [4.78, 5) is 5.05. The van der Waals surface area contributed by atoms with Gasteiger partial charge in [0.15, 0.2) is 0 Å².